The van der Waals surface area contributed by atoms with Crippen molar-refractivity contribution in [3.05, 3.63) is 64.6 Å². The fourth-order valence-corrected chi connectivity index (χ4v) is 2.88. The number of nitrogens with zero attached hydrogens (tertiary/aromatic N) is 4. The molecule has 0 amide bonds. The summed E-state index contributed by atoms with van der Waals surface area (Å²) in [5.74, 6) is 0.0373. The Kier molecular flexibility index (Phi) is 10.1. The second kappa shape index (κ2) is 12.0. The summed E-state index contributed by atoms with van der Waals surface area (Å²) in [6.45, 7) is 6.39. The Morgan fingerprint density at radius 2 is 1.90 bits per heavy atom. The molecule has 0 spiro atoms. The Morgan fingerprint density at radius 1 is 1.26 bits per heavy atom. The van der Waals surface area contributed by atoms with Crippen LogP contribution in [-0.4, -0.2) is 47.1 Å². The predicted octanol–water partition coefficient (Wildman–Crippen LogP) is 4.08. The second-order valence-corrected chi connectivity index (χ2v) is 6.77. The second-order valence-electron chi connectivity index (χ2n) is 6.77. The third-order valence-electron chi connectivity index (χ3n) is 4.19. The third kappa shape index (κ3) is 8.01. The summed E-state index contributed by atoms with van der Waals surface area (Å²) in [7, 11) is 5.19. The number of rotatable bonds is 7. The van der Waals surface area contributed by atoms with Crippen molar-refractivity contribution in [3.8, 4) is 0 Å². The minimum Gasteiger partial charge on any atom is -0.336 e. The summed E-state index contributed by atoms with van der Waals surface area (Å²) in [6.07, 6.45) is -0.798. The average molecular weight is 438 g/mol. The number of benzene rings is 1. The summed E-state index contributed by atoms with van der Waals surface area (Å²) < 4.78 is 41.6. The van der Waals surface area contributed by atoms with Crippen LogP contribution in [0.5, 0.6) is 0 Å². The van der Waals surface area contributed by atoms with Crippen molar-refractivity contribution in [2.45, 2.75) is 40.0 Å². The third-order valence-corrected chi connectivity index (χ3v) is 4.19. The SMILES string of the molecule is CC.CN=C(N/C(=C(/C)C=O)C(F)(F)F)c1cccc(CN(C)Cc2cnn(C)c2)c1. The lowest BCUT2D eigenvalue weighted by Crippen LogP contribution is -2.33. The van der Waals surface area contributed by atoms with Crippen LogP contribution in [0.25, 0.3) is 0 Å². The molecule has 9 heteroatoms. The van der Waals surface area contributed by atoms with Crippen LogP contribution < -0.4 is 5.32 Å². The van der Waals surface area contributed by atoms with Crippen LogP contribution in [-0.2, 0) is 24.9 Å². The van der Waals surface area contributed by atoms with E-state index in [1.807, 2.05) is 40.2 Å². The number of hydrogen-bond acceptors (Lipinski definition) is 4. The molecular weight excluding hydrogens is 407 g/mol. The van der Waals surface area contributed by atoms with E-state index >= 15 is 0 Å². The Balaban J connectivity index is 0.00000233. The van der Waals surface area contributed by atoms with Gasteiger partial charge < -0.3 is 5.32 Å². The molecule has 2 rings (SSSR count). The standard InChI is InChI=1S/C20H24F3N5O.C2H6/c1-14(13-29)18(20(21,22)23)26-19(24-2)17-7-5-6-15(8-17)10-27(3)11-16-9-25-28(4)12-16;1-2/h5-9,12-13H,10-11H2,1-4H3,(H,24,26);1-2H3/b18-14-;. The van der Waals surface area contributed by atoms with Gasteiger partial charge in [0.25, 0.3) is 0 Å². The van der Waals surface area contributed by atoms with Gasteiger partial charge in [-0.1, -0.05) is 32.0 Å². The molecule has 170 valence electrons. The van der Waals surface area contributed by atoms with E-state index < -0.39 is 17.4 Å². The molecule has 1 N–H and O–H groups in total. The Hall–Kier alpha value is -2.94. The van der Waals surface area contributed by atoms with Crippen molar-refractivity contribution >= 4 is 12.1 Å². The number of carbonyl (C=O) groups is 1. The van der Waals surface area contributed by atoms with E-state index in [2.05, 4.69) is 20.3 Å². The van der Waals surface area contributed by atoms with Crippen molar-refractivity contribution in [1.82, 2.24) is 20.0 Å². The molecule has 0 bridgehead atoms. The number of aliphatic imine (C=N–C) groups is 1. The van der Waals surface area contributed by atoms with Crippen LogP contribution in [0.4, 0.5) is 13.2 Å². The van der Waals surface area contributed by atoms with Gasteiger partial charge in [-0.3, -0.25) is 19.4 Å². The highest BCUT2D eigenvalue weighted by molar-refractivity contribution is 6.00. The Labute approximate surface area is 181 Å². The molecule has 1 heterocycles. The van der Waals surface area contributed by atoms with Crippen LogP contribution in [0.3, 0.4) is 0 Å². The van der Waals surface area contributed by atoms with Crippen LogP contribution in [0.1, 0.15) is 37.5 Å². The Morgan fingerprint density at radius 3 is 2.42 bits per heavy atom. The highest BCUT2D eigenvalue weighted by Gasteiger charge is 2.36. The summed E-state index contributed by atoms with van der Waals surface area (Å²) in [5, 5.41) is 6.42. The number of carbonyl (C=O) groups excluding carboxylic acids is 1. The first-order valence-corrected chi connectivity index (χ1v) is 9.86. The number of allylic oxidation sites excluding steroid dienone is 2. The van der Waals surface area contributed by atoms with Crippen molar-refractivity contribution in [1.29, 1.82) is 0 Å². The minimum absolute atomic E-state index is 0.0373. The normalized spacial score (nSPS) is 12.8. The number of alkyl halides is 3. The minimum atomic E-state index is -4.69. The van der Waals surface area contributed by atoms with E-state index in [4.69, 9.17) is 0 Å². The van der Waals surface area contributed by atoms with E-state index in [-0.39, 0.29) is 12.1 Å². The van der Waals surface area contributed by atoms with Gasteiger partial charge in [-0.05, 0) is 25.6 Å². The lowest BCUT2D eigenvalue weighted by Gasteiger charge is -2.19. The number of aromatic nitrogens is 2. The molecular formula is C22H30F3N5O. The molecule has 6 nitrogen and oxygen atoms in total. The molecule has 1 aromatic heterocycles. The lowest BCUT2D eigenvalue weighted by molar-refractivity contribution is -0.108. The largest absolute Gasteiger partial charge is 0.431 e. The van der Waals surface area contributed by atoms with E-state index in [1.54, 1.807) is 29.1 Å². The number of hydrogen-bond donors (Lipinski definition) is 1. The lowest BCUT2D eigenvalue weighted by atomic mass is 10.1. The highest BCUT2D eigenvalue weighted by Crippen LogP contribution is 2.26. The Bertz CT molecular complexity index is 916. The van der Waals surface area contributed by atoms with Crippen LogP contribution in [0.2, 0.25) is 0 Å². The van der Waals surface area contributed by atoms with Crippen LogP contribution in [0.15, 0.2) is 52.9 Å². The first-order valence-electron chi connectivity index (χ1n) is 9.86. The molecule has 0 radical (unpaired) electrons. The van der Waals surface area contributed by atoms with Gasteiger partial charge in [0, 0.05) is 50.1 Å². The zero-order valence-corrected chi connectivity index (χ0v) is 18.8. The fraction of sp³-hybridized carbons (Fsp3) is 0.409. The molecule has 0 saturated heterocycles. The molecule has 0 fully saturated rings. The summed E-state index contributed by atoms with van der Waals surface area (Å²) in [4.78, 5) is 16.9. The maximum atomic E-state index is 13.3. The molecule has 1 aromatic carbocycles. The van der Waals surface area contributed by atoms with Gasteiger partial charge in [-0.2, -0.15) is 18.3 Å². The topological polar surface area (TPSA) is 62.5 Å². The van der Waals surface area contributed by atoms with E-state index in [1.165, 1.54) is 7.05 Å². The molecule has 0 atom stereocenters. The van der Waals surface area contributed by atoms with Crippen molar-refractivity contribution in [2.75, 3.05) is 14.1 Å². The smallest absolute Gasteiger partial charge is 0.336 e. The van der Waals surface area contributed by atoms with Crippen molar-refractivity contribution in [2.24, 2.45) is 12.0 Å². The van der Waals surface area contributed by atoms with Crippen molar-refractivity contribution < 1.29 is 18.0 Å². The predicted molar refractivity (Wildman–Crippen MR) is 117 cm³/mol. The molecule has 0 aliphatic carbocycles. The van der Waals surface area contributed by atoms with Gasteiger partial charge in [0.1, 0.15) is 17.8 Å². The zero-order valence-electron chi connectivity index (χ0n) is 18.8. The monoisotopic (exact) mass is 437 g/mol. The number of aryl methyl sites for hydroxylation is 1. The fourth-order valence-electron chi connectivity index (χ4n) is 2.88. The van der Waals surface area contributed by atoms with E-state index in [0.717, 1.165) is 18.1 Å². The number of nitrogens with one attached hydrogen (secondary N) is 1. The van der Waals surface area contributed by atoms with Gasteiger partial charge in [0.05, 0.1) is 6.20 Å². The van der Waals surface area contributed by atoms with Crippen molar-refractivity contribution in [3.63, 3.8) is 0 Å². The van der Waals surface area contributed by atoms with Gasteiger partial charge in [0.15, 0.2) is 0 Å². The van der Waals surface area contributed by atoms with Gasteiger partial charge in [0.2, 0.25) is 0 Å². The quantitative estimate of drug-likeness (QED) is 0.307. The molecule has 0 aliphatic rings. The van der Waals surface area contributed by atoms with Gasteiger partial charge >= 0.3 is 6.18 Å². The van der Waals surface area contributed by atoms with E-state index in [9.17, 15) is 18.0 Å². The average Bonchev–Trinajstić information content (AvgIpc) is 3.13. The number of halogens is 3. The highest BCUT2D eigenvalue weighted by atomic mass is 19.4. The summed E-state index contributed by atoms with van der Waals surface area (Å²) in [5.41, 5.74) is 0.924. The number of amidine groups is 1. The molecule has 2 aromatic rings. The van der Waals surface area contributed by atoms with Crippen LogP contribution in [0, 0.1) is 0 Å². The molecule has 0 aliphatic heterocycles. The number of aldehydes is 1. The molecule has 31 heavy (non-hydrogen) atoms. The molecule has 0 unspecified atom stereocenters. The first-order chi connectivity index (χ1) is 14.6. The first kappa shape index (κ1) is 26.1. The summed E-state index contributed by atoms with van der Waals surface area (Å²) in [6, 6.07) is 7.11. The van der Waals surface area contributed by atoms with Crippen LogP contribution >= 0.6 is 0 Å². The van der Waals surface area contributed by atoms with Gasteiger partial charge in [-0.25, -0.2) is 0 Å². The zero-order chi connectivity index (χ0) is 23.6. The summed E-state index contributed by atoms with van der Waals surface area (Å²) >= 11 is 0. The maximum absolute atomic E-state index is 13.3. The molecule has 0 saturated carbocycles. The maximum Gasteiger partial charge on any atom is 0.431 e. The van der Waals surface area contributed by atoms with E-state index in [0.29, 0.717) is 18.7 Å². The van der Waals surface area contributed by atoms with Gasteiger partial charge in [-0.15, -0.1) is 0 Å².